The molecule has 4 rings (SSSR count). The lowest BCUT2D eigenvalue weighted by atomic mass is 10.0. The van der Waals surface area contributed by atoms with Crippen molar-refractivity contribution in [2.45, 2.75) is 6.42 Å². The van der Waals surface area contributed by atoms with E-state index >= 15 is 0 Å². The van der Waals surface area contributed by atoms with Crippen LogP contribution in [0.2, 0.25) is 0 Å². The van der Waals surface area contributed by atoms with Gasteiger partial charge in [-0.3, -0.25) is 5.43 Å². The fourth-order valence-electron chi connectivity index (χ4n) is 2.78. The predicted molar refractivity (Wildman–Crippen MR) is 83.6 cm³/mol. The van der Waals surface area contributed by atoms with Crippen molar-refractivity contribution in [3.05, 3.63) is 59.0 Å². The first-order chi connectivity index (χ1) is 9.85. The van der Waals surface area contributed by atoms with E-state index in [1.807, 2.05) is 5.38 Å². The molecule has 1 aromatic heterocycles. The Morgan fingerprint density at radius 2 is 1.90 bits per heavy atom. The third-order valence-corrected chi connectivity index (χ3v) is 4.49. The molecule has 20 heavy (non-hydrogen) atoms. The molecular formula is C16H13N3S. The summed E-state index contributed by atoms with van der Waals surface area (Å²) < 4.78 is 0. The van der Waals surface area contributed by atoms with Gasteiger partial charge in [-0.15, -0.1) is 11.3 Å². The monoisotopic (exact) mass is 279 g/mol. The second-order valence-corrected chi connectivity index (χ2v) is 5.75. The van der Waals surface area contributed by atoms with Gasteiger partial charge in [0.25, 0.3) is 0 Å². The van der Waals surface area contributed by atoms with Crippen LogP contribution in [0.1, 0.15) is 11.1 Å². The molecule has 0 fully saturated rings. The second kappa shape index (κ2) is 4.44. The minimum atomic E-state index is 0.740. The molecule has 0 saturated carbocycles. The molecule has 0 radical (unpaired) electrons. The Hall–Kier alpha value is -2.17. The third kappa shape index (κ3) is 1.73. The summed E-state index contributed by atoms with van der Waals surface area (Å²) in [4.78, 5) is 4.46. The first kappa shape index (κ1) is 11.6. The summed E-state index contributed by atoms with van der Waals surface area (Å²) in [6.45, 7) is 0. The van der Waals surface area contributed by atoms with Crippen molar-refractivity contribution in [2.75, 3.05) is 5.43 Å². The van der Waals surface area contributed by atoms with E-state index < -0.39 is 0 Å². The minimum Gasteiger partial charge on any atom is -0.300 e. The maximum atomic E-state index is 5.39. The molecule has 1 aliphatic carbocycles. The van der Waals surface area contributed by atoms with Gasteiger partial charge in [0.2, 0.25) is 0 Å². The molecule has 98 valence electrons. The van der Waals surface area contributed by atoms with E-state index in [1.165, 1.54) is 33.6 Å². The number of nitrogen functional groups attached to an aromatic ring is 1. The molecule has 0 aliphatic heterocycles. The van der Waals surface area contributed by atoms with Gasteiger partial charge in [0.1, 0.15) is 0 Å². The summed E-state index contributed by atoms with van der Waals surface area (Å²) in [5.41, 5.74) is 10.2. The van der Waals surface area contributed by atoms with Gasteiger partial charge in [-0.2, -0.15) is 0 Å². The highest BCUT2D eigenvalue weighted by Gasteiger charge is 2.18. The fourth-order valence-corrected chi connectivity index (χ4v) is 3.41. The molecule has 0 saturated heterocycles. The van der Waals surface area contributed by atoms with Crippen molar-refractivity contribution in [1.29, 1.82) is 0 Å². The molecule has 3 N–H and O–H groups in total. The van der Waals surface area contributed by atoms with E-state index in [0.29, 0.717) is 0 Å². The van der Waals surface area contributed by atoms with Crippen molar-refractivity contribution in [3.8, 4) is 22.4 Å². The number of nitrogens with zero attached hydrogens (tertiary/aromatic N) is 1. The highest BCUT2D eigenvalue weighted by Crippen LogP contribution is 2.38. The summed E-state index contributed by atoms with van der Waals surface area (Å²) in [5.74, 6) is 5.39. The van der Waals surface area contributed by atoms with Crippen LogP contribution in [-0.2, 0) is 6.42 Å². The number of hydrogen-bond acceptors (Lipinski definition) is 4. The number of benzene rings is 2. The van der Waals surface area contributed by atoms with E-state index in [1.54, 1.807) is 0 Å². The van der Waals surface area contributed by atoms with Crippen molar-refractivity contribution in [3.63, 3.8) is 0 Å². The number of anilines is 1. The van der Waals surface area contributed by atoms with Crippen LogP contribution in [0.3, 0.4) is 0 Å². The lowest BCUT2D eigenvalue weighted by Gasteiger charge is -2.03. The molecule has 0 bridgehead atoms. The van der Waals surface area contributed by atoms with Crippen molar-refractivity contribution in [1.82, 2.24) is 4.98 Å². The summed E-state index contributed by atoms with van der Waals surface area (Å²) in [7, 11) is 0. The maximum absolute atomic E-state index is 5.39. The van der Waals surface area contributed by atoms with Crippen LogP contribution < -0.4 is 11.3 Å². The predicted octanol–water partition coefficient (Wildman–Crippen LogP) is 3.67. The van der Waals surface area contributed by atoms with Crippen molar-refractivity contribution >= 4 is 16.5 Å². The van der Waals surface area contributed by atoms with Crippen molar-refractivity contribution in [2.24, 2.45) is 5.84 Å². The Labute approximate surface area is 121 Å². The fraction of sp³-hybridized carbons (Fsp3) is 0.0625. The molecule has 1 heterocycles. The van der Waals surface area contributed by atoms with Crippen LogP contribution in [0.5, 0.6) is 0 Å². The summed E-state index contributed by atoms with van der Waals surface area (Å²) in [6, 6.07) is 15.2. The minimum absolute atomic E-state index is 0.740. The molecule has 0 spiro atoms. The first-order valence-electron chi connectivity index (χ1n) is 6.49. The van der Waals surface area contributed by atoms with Gasteiger partial charge in [-0.05, 0) is 34.7 Å². The Morgan fingerprint density at radius 1 is 1.05 bits per heavy atom. The number of nitrogens with two attached hydrogens (primary N) is 1. The van der Waals surface area contributed by atoms with Gasteiger partial charge in [0, 0.05) is 10.9 Å². The molecule has 2 aromatic carbocycles. The van der Waals surface area contributed by atoms with Crippen LogP contribution in [0, 0.1) is 0 Å². The molecule has 1 aliphatic rings. The van der Waals surface area contributed by atoms with E-state index in [9.17, 15) is 0 Å². The molecule has 0 amide bonds. The van der Waals surface area contributed by atoms with Gasteiger partial charge in [0.15, 0.2) is 5.13 Å². The Balaban J connectivity index is 1.78. The number of nitrogens with one attached hydrogen (secondary N) is 1. The number of thiazole rings is 1. The quantitative estimate of drug-likeness (QED) is 0.435. The van der Waals surface area contributed by atoms with E-state index in [-0.39, 0.29) is 0 Å². The van der Waals surface area contributed by atoms with Gasteiger partial charge in [-0.1, -0.05) is 36.4 Å². The van der Waals surface area contributed by atoms with Crippen LogP contribution in [-0.4, -0.2) is 4.98 Å². The van der Waals surface area contributed by atoms with Crippen LogP contribution in [0.25, 0.3) is 22.4 Å². The number of hydrazine groups is 1. The van der Waals surface area contributed by atoms with Crippen LogP contribution >= 0.6 is 11.3 Å². The van der Waals surface area contributed by atoms with Crippen LogP contribution in [0.4, 0.5) is 5.13 Å². The number of rotatable bonds is 2. The topological polar surface area (TPSA) is 50.9 Å². The summed E-state index contributed by atoms with van der Waals surface area (Å²) in [5, 5.41) is 2.77. The average Bonchev–Trinajstić information content (AvgIpc) is 3.10. The van der Waals surface area contributed by atoms with Crippen LogP contribution in [0.15, 0.2) is 47.8 Å². The Bertz CT molecular complexity index is 792. The van der Waals surface area contributed by atoms with E-state index in [2.05, 4.69) is 52.9 Å². The zero-order valence-corrected chi connectivity index (χ0v) is 11.6. The van der Waals surface area contributed by atoms with Gasteiger partial charge in [0.05, 0.1) is 5.69 Å². The summed E-state index contributed by atoms with van der Waals surface area (Å²) >= 11 is 1.52. The normalized spacial score (nSPS) is 12.1. The maximum Gasteiger partial charge on any atom is 0.197 e. The molecule has 3 nitrogen and oxygen atoms in total. The number of hydrogen-bond donors (Lipinski definition) is 2. The van der Waals surface area contributed by atoms with Gasteiger partial charge >= 0.3 is 0 Å². The lowest BCUT2D eigenvalue weighted by Crippen LogP contribution is -2.05. The zero-order valence-electron chi connectivity index (χ0n) is 10.8. The van der Waals surface area contributed by atoms with Gasteiger partial charge in [-0.25, -0.2) is 10.8 Å². The molecule has 3 aromatic rings. The number of fused-ring (bicyclic) bond motifs is 3. The van der Waals surface area contributed by atoms with Crippen molar-refractivity contribution < 1.29 is 0 Å². The standard InChI is InChI=1S/C16H13N3S/c17-19-16-18-15(9-20-16)11-5-6-14-12(8-11)7-10-3-1-2-4-13(10)14/h1-6,8-9H,7,17H2,(H,18,19). The molecular weight excluding hydrogens is 266 g/mol. The van der Waals surface area contributed by atoms with E-state index in [0.717, 1.165) is 22.8 Å². The molecule has 0 atom stereocenters. The second-order valence-electron chi connectivity index (χ2n) is 4.89. The average molecular weight is 279 g/mol. The highest BCUT2D eigenvalue weighted by atomic mass is 32.1. The highest BCUT2D eigenvalue weighted by molar-refractivity contribution is 7.14. The summed E-state index contributed by atoms with van der Waals surface area (Å²) in [6.07, 6.45) is 1.01. The Kier molecular flexibility index (Phi) is 2.58. The molecule has 4 heteroatoms. The first-order valence-corrected chi connectivity index (χ1v) is 7.37. The Morgan fingerprint density at radius 3 is 2.75 bits per heavy atom. The smallest absolute Gasteiger partial charge is 0.197 e. The SMILES string of the molecule is NNc1nc(-c2ccc3c(c2)Cc2ccccc2-3)cs1. The lowest BCUT2D eigenvalue weighted by molar-refractivity contribution is 1.25. The third-order valence-electron chi connectivity index (χ3n) is 3.72. The largest absolute Gasteiger partial charge is 0.300 e. The van der Waals surface area contributed by atoms with E-state index in [4.69, 9.17) is 5.84 Å². The van der Waals surface area contributed by atoms with Gasteiger partial charge < -0.3 is 0 Å². The number of aromatic nitrogens is 1. The zero-order chi connectivity index (χ0) is 13.5. The molecule has 0 unspecified atom stereocenters.